The van der Waals surface area contributed by atoms with E-state index in [9.17, 15) is 8.78 Å². The number of aryl methyl sites for hydroxylation is 1. The van der Waals surface area contributed by atoms with Crippen molar-refractivity contribution in [1.29, 1.82) is 0 Å². The second-order valence-corrected chi connectivity index (χ2v) is 5.44. The minimum absolute atomic E-state index is 0.127. The van der Waals surface area contributed by atoms with Crippen molar-refractivity contribution in [3.05, 3.63) is 52.9 Å². The summed E-state index contributed by atoms with van der Waals surface area (Å²) < 4.78 is 32.2. The summed E-state index contributed by atoms with van der Waals surface area (Å²) in [7, 11) is 0. The van der Waals surface area contributed by atoms with Crippen molar-refractivity contribution in [2.75, 3.05) is 6.54 Å². The summed E-state index contributed by atoms with van der Waals surface area (Å²) in [4.78, 5) is 2.16. The van der Waals surface area contributed by atoms with Crippen LogP contribution in [0.3, 0.4) is 0 Å². The minimum atomic E-state index is -0.544. The van der Waals surface area contributed by atoms with E-state index in [1.54, 1.807) is 0 Å². The predicted octanol–water partition coefficient (Wildman–Crippen LogP) is 3.85. The Balaban J connectivity index is 1.77. The Labute approximate surface area is 122 Å². The van der Waals surface area contributed by atoms with Gasteiger partial charge in [0.05, 0.1) is 11.7 Å². The topological polar surface area (TPSA) is 29.3 Å². The highest BCUT2D eigenvalue weighted by atomic mass is 19.1. The van der Waals surface area contributed by atoms with E-state index in [4.69, 9.17) is 4.52 Å². The number of aromatic nitrogens is 1. The summed E-state index contributed by atoms with van der Waals surface area (Å²) in [5, 5.41) is 4.02. The SMILES string of the molecule is CCc1cc([C@@H]2CCCN2Cc2ccc(F)cc2F)on1. The van der Waals surface area contributed by atoms with Gasteiger partial charge in [0.15, 0.2) is 5.76 Å². The lowest BCUT2D eigenvalue weighted by molar-refractivity contribution is 0.204. The van der Waals surface area contributed by atoms with E-state index >= 15 is 0 Å². The fourth-order valence-corrected chi connectivity index (χ4v) is 2.86. The maximum Gasteiger partial charge on any atom is 0.154 e. The van der Waals surface area contributed by atoms with Gasteiger partial charge in [-0.3, -0.25) is 4.90 Å². The lowest BCUT2D eigenvalue weighted by Gasteiger charge is -2.22. The van der Waals surface area contributed by atoms with Crippen LogP contribution in [0.4, 0.5) is 8.78 Å². The standard InChI is InChI=1S/C16H18F2N2O/c1-2-13-9-16(21-19-13)15-4-3-7-20(15)10-11-5-6-12(17)8-14(11)18/h5-6,8-9,15H,2-4,7,10H2,1H3/t15-/m0/s1. The fourth-order valence-electron chi connectivity index (χ4n) is 2.86. The normalized spacial score (nSPS) is 19.3. The molecule has 0 spiro atoms. The van der Waals surface area contributed by atoms with Gasteiger partial charge in [-0.05, 0) is 31.9 Å². The Kier molecular flexibility index (Phi) is 4.01. The summed E-state index contributed by atoms with van der Waals surface area (Å²) in [6, 6.07) is 5.85. The predicted molar refractivity (Wildman–Crippen MR) is 74.6 cm³/mol. The molecule has 3 rings (SSSR count). The monoisotopic (exact) mass is 292 g/mol. The zero-order valence-corrected chi connectivity index (χ0v) is 12.0. The van der Waals surface area contributed by atoms with Crippen LogP contribution >= 0.6 is 0 Å². The van der Waals surface area contributed by atoms with E-state index in [1.807, 2.05) is 13.0 Å². The molecule has 1 aliphatic rings. The van der Waals surface area contributed by atoms with Crippen LogP contribution in [-0.2, 0) is 13.0 Å². The van der Waals surface area contributed by atoms with Crippen molar-refractivity contribution in [2.24, 2.45) is 0 Å². The lowest BCUT2D eigenvalue weighted by Crippen LogP contribution is -2.23. The van der Waals surface area contributed by atoms with Crippen LogP contribution in [0.2, 0.25) is 0 Å². The summed E-state index contributed by atoms with van der Waals surface area (Å²) in [5.41, 5.74) is 1.45. The molecular formula is C16H18F2N2O. The van der Waals surface area contributed by atoms with Crippen molar-refractivity contribution in [2.45, 2.75) is 38.8 Å². The zero-order chi connectivity index (χ0) is 14.8. The highest BCUT2D eigenvalue weighted by molar-refractivity contribution is 5.19. The van der Waals surface area contributed by atoms with Gasteiger partial charge >= 0.3 is 0 Å². The van der Waals surface area contributed by atoms with E-state index < -0.39 is 11.6 Å². The molecule has 1 fully saturated rings. The summed E-state index contributed by atoms with van der Waals surface area (Å²) in [6.07, 6.45) is 2.85. The number of likely N-dealkylation sites (tertiary alicyclic amines) is 1. The zero-order valence-electron chi connectivity index (χ0n) is 12.0. The fraction of sp³-hybridized carbons (Fsp3) is 0.438. The molecule has 5 heteroatoms. The highest BCUT2D eigenvalue weighted by Crippen LogP contribution is 2.33. The third-order valence-corrected chi connectivity index (χ3v) is 4.02. The summed E-state index contributed by atoms with van der Waals surface area (Å²) >= 11 is 0. The van der Waals surface area contributed by atoms with E-state index in [1.165, 1.54) is 12.1 Å². The van der Waals surface area contributed by atoms with Crippen LogP contribution in [0, 0.1) is 11.6 Å². The minimum Gasteiger partial charge on any atom is -0.359 e. The average Bonchev–Trinajstić information content (AvgIpc) is 3.10. The molecule has 1 atom stereocenters. The molecule has 1 saturated heterocycles. The largest absolute Gasteiger partial charge is 0.359 e. The number of halogens is 2. The Morgan fingerprint density at radius 3 is 2.90 bits per heavy atom. The Morgan fingerprint density at radius 1 is 1.33 bits per heavy atom. The second kappa shape index (κ2) is 5.93. The molecule has 0 amide bonds. The van der Waals surface area contributed by atoms with Gasteiger partial charge in [0.2, 0.25) is 0 Å². The van der Waals surface area contributed by atoms with E-state index in [0.717, 1.165) is 43.3 Å². The quantitative estimate of drug-likeness (QED) is 0.857. The molecule has 2 heterocycles. The Morgan fingerprint density at radius 2 is 2.19 bits per heavy atom. The van der Waals surface area contributed by atoms with Crippen molar-refractivity contribution >= 4 is 0 Å². The van der Waals surface area contributed by atoms with Gasteiger partial charge in [-0.2, -0.15) is 0 Å². The molecule has 0 aliphatic carbocycles. The smallest absolute Gasteiger partial charge is 0.154 e. The number of hydrogen-bond acceptors (Lipinski definition) is 3. The second-order valence-electron chi connectivity index (χ2n) is 5.44. The molecule has 1 aromatic carbocycles. The molecule has 0 radical (unpaired) electrons. The maximum atomic E-state index is 13.8. The third kappa shape index (κ3) is 2.97. The molecule has 1 aliphatic heterocycles. The number of nitrogens with zero attached hydrogens (tertiary/aromatic N) is 2. The van der Waals surface area contributed by atoms with Gasteiger partial charge in [0.25, 0.3) is 0 Å². The molecule has 1 aromatic heterocycles. The number of rotatable bonds is 4. The van der Waals surface area contributed by atoms with Gasteiger partial charge in [-0.25, -0.2) is 8.78 Å². The molecule has 0 saturated carbocycles. The Hall–Kier alpha value is -1.75. The summed E-state index contributed by atoms with van der Waals surface area (Å²) in [5.74, 6) is -0.198. The summed E-state index contributed by atoms with van der Waals surface area (Å²) in [6.45, 7) is 3.37. The first-order valence-electron chi connectivity index (χ1n) is 7.31. The average molecular weight is 292 g/mol. The molecule has 112 valence electrons. The van der Waals surface area contributed by atoms with Gasteiger partial charge in [0, 0.05) is 24.2 Å². The lowest BCUT2D eigenvalue weighted by atomic mass is 10.1. The van der Waals surface area contributed by atoms with Gasteiger partial charge < -0.3 is 4.52 Å². The first-order chi connectivity index (χ1) is 10.2. The molecule has 0 N–H and O–H groups in total. The van der Waals surface area contributed by atoms with Crippen LogP contribution in [0.15, 0.2) is 28.8 Å². The third-order valence-electron chi connectivity index (χ3n) is 4.02. The number of hydrogen-bond donors (Lipinski definition) is 0. The number of benzene rings is 1. The molecule has 2 aromatic rings. The van der Waals surface area contributed by atoms with Gasteiger partial charge in [-0.1, -0.05) is 18.1 Å². The maximum absolute atomic E-state index is 13.8. The molecule has 21 heavy (non-hydrogen) atoms. The van der Waals surface area contributed by atoms with Crippen molar-refractivity contribution in [3.8, 4) is 0 Å². The van der Waals surface area contributed by atoms with Crippen LogP contribution in [0.5, 0.6) is 0 Å². The van der Waals surface area contributed by atoms with E-state index in [-0.39, 0.29) is 6.04 Å². The molecule has 0 bridgehead atoms. The first-order valence-corrected chi connectivity index (χ1v) is 7.31. The van der Waals surface area contributed by atoms with E-state index in [0.29, 0.717) is 12.1 Å². The molecule has 3 nitrogen and oxygen atoms in total. The van der Waals surface area contributed by atoms with Crippen molar-refractivity contribution < 1.29 is 13.3 Å². The van der Waals surface area contributed by atoms with Crippen molar-refractivity contribution in [3.63, 3.8) is 0 Å². The molecule has 0 unspecified atom stereocenters. The van der Waals surface area contributed by atoms with Gasteiger partial charge in [0.1, 0.15) is 11.6 Å². The van der Waals surface area contributed by atoms with E-state index in [2.05, 4.69) is 10.1 Å². The van der Waals surface area contributed by atoms with Gasteiger partial charge in [-0.15, -0.1) is 0 Å². The highest BCUT2D eigenvalue weighted by Gasteiger charge is 2.29. The first kappa shape index (κ1) is 14.2. The van der Waals surface area contributed by atoms with Crippen molar-refractivity contribution in [1.82, 2.24) is 10.1 Å². The molecular weight excluding hydrogens is 274 g/mol. The van der Waals surface area contributed by atoms with Crippen LogP contribution in [0.25, 0.3) is 0 Å². The van der Waals surface area contributed by atoms with Crippen LogP contribution in [0.1, 0.15) is 42.8 Å². The Bertz CT molecular complexity index is 626. The van der Waals surface area contributed by atoms with Crippen LogP contribution < -0.4 is 0 Å². The van der Waals surface area contributed by atoms with Crippen LogP contribution in [-0.4, -0.2) is 16.6 Å².